The smallest absolute Gasteiger partial charge is 0.145 e. The van der Waals surface area contributed by atoms with E-state index in [2.05, 4.69) is 51.2 Å². The first-order chi connectivity index (χ1) is 11.2. The highest BCUT2D eigenvalue weighted by Crippen LogP contribution is 2.32. The maximum Gasteiger partial charge on any atom is 0.145 e. The minimum absolute atomic E-state index is 0.134. The normalized spacial score (nSPS) is 11.4. The van der Waals surface area contributed by atoms with E-state index in [-0.39, 0.29) is 6.61 Å². The second-order valence-corrected chi connectivity index (χ2v) is 6.47. The molecule has 4 aromatic rings. The molecule has 114 valence electrons. The van der Waals surface area contributed by atoms with Gasteiger partial charge >= 0.3 is 0 Å². The summed E-state index contributed by atoms with van der Waals surface area (Å²) in [7, 11) is 0. The molecule has 3 nitrogen and oxygen atoms in total. The molecule has 5 heteroatoms. The van der Waals surface area contributed by atoms with E-state index in [1.54, 1.807) is 6.07 Å². The standard InChI is InChI=1S/C18H12BrClN2O/c19-17-16-14(10-23)15(20)7-8-22(16)18(21-17)13-6-5-11-3-1-2-4-12(11)9-13/h1-9,23H,10H2. The van der Waals surface area contributed by atoms with Crippen molar-refractivity contribution in [3.05, 3.63) is 69.9 Å². The number of halogens is 2. The van der Waals surface area contributed by atoms with Crippen LogP contribution in [0.1, 0.15) is 5.56 Å². The number of benzene rings is 2. The Morgan fingerprint density at radius 1 is 1.09 bits per heavy atom. The van der Waals surface area contributed by atoms with Gasteiger partial charge < -0.3 is 5.11 Å². The van der Waals surface area contributed by atoms with Crippen molar-refractivity contribution in [3.63, 3.8) is 0 Å². The third-order valence-corrected chi connectivity index (χ3v) is 4.89. The Labute approximate surface area is 146 Å². The molecule has 0 aliphatic rings. The van der Waals surface area contributed by atoms with Crippen LogP contribution in [0, 0.1) is 0 Å². The van der Waals surface area contributed by atoms with Crippen LogP contribution >= 0.6 is 27.5 Å². The highest BCUT2D eigenvalue weighted by molar-refractivity contribution is 9.10. The summed E-state index contributed by atoms with van der Waals surface area (Å²) in [5, 5.41) is 12.5. The predicted octanol–water partition coefficient (Wildman–Crippen LogP) is 5.06. The molecule has 0 atom stereocenters. The number of aliphatic hydroxyl groups excluding tert-OH is 1. The van der Waals surface area contributed by atoms with Crippen LogP contribution in [0.4, 0.5) is 0 Å². The molecule has 4 rings (SSSR count). The fraction of sp³-hybridized carbons (Fsp3) is 0.0556. The van der Waals surface area contributed by atoms with Gasteiger partial charge in [-0.2, -0.15) is 0 Å². The van der Waals surface area contributed by atoms with Crippen molar-refractivity contribution in [1.29, 1.82) is 0 Å². The molecule has 0 aliphatic heterocycles. The summed E-state index contributed by atoms with van der Waals surface area (Å²) >= 11 is 9.68. The number of hydrogen-bond acceptors (Lipinski definition) is 2. The Bertz CT molecular complexity index is 1040. The molecule has 23 heavy (non-hydrogen) atoms. The van der Waals surface area contributed by atoms with Crippen LogP contribution in [0.3, 0.4) is 0 Å². The fourth-order valence-corrected chi connectivity index (χ4v) is 3.66. The summed E-state index contributed by atoms with van der Waals surface area (Å²) in [6, 6.07) is 16.2. The van der Waals surface area contributed by atoms with Crippen LogP contribution in [-0.2, 0) is 6.61 Å². The molecule has 2 heterocycles. The SMILES string of the molecule is OCc1c(Cl)ccn2c(-c3ccc4ccccc4c3)nc(Br)c12. The third kappa shape index (κ3) is 2.34. The Kier molecular flexibility index (Phi) is 3.60. The molecular formula is C18H12BrClN2O. The molecule has 0 spiro atoms. The molecule has 0 aliphatic carbocycles. The van der Waals surface area contributed by atoms with Crippen LogP contribution in [0.5, 0.6) is 0 Å². The molecule has 0 saturated carbocycles. The van der Waals surface area contributed by atoms with Crippen molar-refractivity contribution in [2.75, 3.05) is 0 Å². The number of nitrogens with zero attached hydrogens (tertiary/aromatic N) is 2. The lowest BCUT2D eigenvalue weighted by Gasteiger charge is -2.07. The number of rotatable bonds is 2. The number of fused-ring (bicyclic) bond motifs is 2. The fourth-order valence-electron chi connectivity index (χ4n) is 2.86. The van der Waals surface area contributed by atoms with Gasteiger partial charge in [0.05, 0.1) is 12.1 Å². The minimum atomic E-state index is -0.134. The van der Waals surface area contributed by atoms with Crippen molar-refractivity contribution in [2.45, 2.75) is 6.61 Å². The minimum Gasteiger partial charge on any atom is -0.392 e. The maximum absolute atomic E-state index is 9.62. The van der Waals surface area contributed by atoms with E-state index in [0.717, 1.165) is 22.3 Å². The van der Waals surface area contributed by atoms with Gasteiger partial charge in [-0.15, -0.1) is 0 Å². The van der Waals surface area contributed by atoms with Crippen LogP contribution < -0.4 is 0 Å². The van der Waals surface area contributed by atoms with E-state index >= 15 is 0 Å². The largest absolute Gasteiger partial charge is 0.392 e. The Morgan fingerprint density at radius 3 is 2.65 bits per heavy atom. The van der Waals surface area contributed by atoms with Gasteiger partial charge in [0, 0.05) is 22.3 Å². The number of hydrogen-bond donors (Lipinski definition) is 1. The number of pyridine rings is 1. The third-order valence-electron chi connectivity index (χ3n) is 3.98. The van der Waals surface area contributed by atoms with E-state index in [1.807, 2.05) is 22.7 Å². The zero-order valence-electron chi connectivity index (χ0n) is 12.0. The Hall–Kier alpha value is -1.88. The molecule has 0 fully saturated rings. The first kappa shape index (κ1) is 14.7. The van der Waals surface area contributed by atoms with E-state index in [9.17, 15) is 5.11 Å². The lowest BCUT2D eigenvalue weighted by Crippen LogP contribution is -1.94. The average Bonchev–Trinajstić information content (AvgIpc) is 2.91. The van der Waals surface area contributed by atoms with Crippen molar-refractivity contribution in [3.8, 4) is 11.4 Å². The summed E-state index contributed by atoms with van der Waals surface area (Å²) in [5.41, 5.74) is 2.47. The van der Waals surface area contributed by atoms with Crippen LogP contribution in [0.15, 0.2) is 59.3 Å². The van der Waals surface area contributed by atoms with Crippen LogP contribution in [0.25, 0.3) is 27.7 Å². The summed E-state index contributed by atoms with van der Waals surface area (Å²) in [6.07, 6.45) is 1.87. The quantitative estimate of drug-likeness (QED) is 0.522. The zero-order chi connectivity index (χ0) is 16.0. The van der Waals surface area contributed by atoms with Gasteiger partial charge in [0.2, 0.25) is 0 Å². The molecule has 1 N–H and O–H groups in total. The molecular weight excluding hydrogens is 376 g/mol. The van der Waals surface area contributed by atoms with E-state index in [4.69, 9.17) is 11.6 Å². The van der Waals surface area contributed by atoms with Crippen molar-refractivity contribution in [2.24, 2.45) is 0 Å². The monoisotopic (exact) mass is 386 g/mol. The number of imidazole rings is 1. The van der Waals surface area contributed by atoms with Crippen molar-refractivity contribution >= 4 is 43.8 Å². The highest BCUT2D eigenvalue weighted by atomic mass is 79.9. The Balaban J connectivity index is 2.01. The van der Waals surface area contributed by atoms with Gasteiger partial charge in [-0.05, 0) is 38.8 Å². The highest BCUT2D eigenvalue weighted by Gasteiger charge is 2.16. The van der Waals surface area contributed by atoms with Gasteiger partial charge in [-0.25, -0.2) is 4.98 Å². The number of aliphatic hydroxyl groups is 1. The molecule has 0 radical (unpaired) electrons. The molecule has 0 bridgehead atoms. The summed E-state index contributed by atoms with van der Waals surface area (Å²) in [6.45, 7) is -0.134. The van der Waals surface area contributed by atoms with Crippen LogP contribution in [-0.4, -0.2) is 14.5 Å². The van der Waals surface area contributed by atoms with E-state index < -0.39 is 0 Å². The van der Waals surface area contributed by atoms with Crippen molar-refractivity contribution in [1.82, 2.24) is 9.38 Å². The average molecular weight is 388 g/mol. The summed E-state index contributed by atoms with van der Waals surface area (Å²) < 4.78 is 2.62. The van der Waals surface area contributed by atoms with Gasteiger partial charge in [-0.1, -0.05) is 48.0 Å². The topological polar surface area (TPSA) is 37.5 Å². The molecule has 2 aromatic carbocycles. The zero-order valence-corrected chi connectivity index (χ0v) is 14.3. The van der Waals surface area contributed by atoms with Crippen LogP contribution in [0.2, 0.25) is 5.02 Å². The van der Waals surface area contributed by atoms with E-state index in [0.29, 0.717) is 15.2 Å². The molecule has 0 saturated heterocycles. The Morgan fingerprint density at radius 2 is 1.87 bits per heavy atom. The first-order valence-electron chi connectivity index (χ1n) is 7.14. The van der Waals surface area contributed by atoms with Crippen molar-refractivity contribution < 1.29 is 5.11 Å². The summed E-state index contributed by atoms with van der Waals surface area (Å²) in [5.74, 6) is 0.809. The van der Waals surface area contributed by atoms with Gasteiger partial charge in [0.15, 0.2) is 0 Å². The second-order valence-electron chi connectivity index (χ2n) is 5.31. The van der Waals surface area contributed by atoms with Gasteiger partial charge in [0.25, 0.3) is 0 Å². The molecule has 0 amide bonds. The molecule has 2 aromatic heterocycles. The van der Waals surface area contributed by atoms with Gasteiger partial charge in [-0.3, -0.25) is 4.40 Å². The predicted molar refractivity (Wildman–Crippen MR) is 96.8 cm³/mol. The molecule has 0 unspecified atom stereocenters. The maximum atomic E-state index is 9.62. The first-order valence-corrected chi connectivity index (χ1v) is 8.31. The lowest BCUT2D eigenvalue weighted by molar-refractivity contribution is 0.283. The summed E-state index contributed by atoms with van der Waals surface area (Å²) in [4.78, 5) is 4.63. The second kappa shape index (κ2) is 5.64. The van der Waals surface area contributed by atoms with Gasteiger partial charge in [0.1, 0.15) is 10.4 Å². The number of aromatic nitrogens is 2. The van der Waals surface area contributed by atoms with E-state index in [1.165, 1.54) is 5.39 Å². The lowest BCUT2D eigenvalue weighted by atomic mass is 10.1.